The number of nitrogens with zero attached hydrogens (tertiary/aromatic N) is 1. The van der Waals surface area contributed by atoms with Crippen molar-refractivity contribution in [2.24, 2.45) is 11.7 Å². The Labute approximate surface area is 182 Å². The molecule has 182 valence electrons. The zero-order chi connectivity index (χ0) is 24.5. The first kappa shape index (κ1) is 26.2. The fraction of sp³-hybridized carbons (Fsp3) is 0.667. The molecule has 1 fully saturated rings. The fourth-order valence-electron chi connectivity index (χ4n) is 3.81. The molecule has 1 aromatic carbocycles. The zero-order valence-electron chi connectivity index (χ0n) is 18.3. The van der Waals surface area contributed by atoms with Crippen molar-refractivity contribution in [1.29, 1.82) is 0 Å². The van der Waals surface area contributed by atoms with E-state index in [0.29, 0.717) is 31.5 Å². The molecule has 0 radical (unpaired) electrons. The number of hydrogen-bond donors (Lipinski definition) is 1. The number of alkyl halides is 6. The van der Waals surface area contributed by atoms with Gasteiger partial charge in [-0.3, -0.25) is 4.90 Å². The summed E-state index contributed by atoms with van der Waals surface area (Å²) in [6.45, 7) is 5.73. The Morgan fingerprint density at radius 1 is 1.16 bits per heavy atom. The number of primary amides is 1. The second kappa shape index (κ2) is 9.46. The number of amides is 1. The molecule has 1 aliphatic rings. The van der Waals surface area contributed by atoms with Crippen molar-refractivity contribution < 1.29 is 40.6 Å². The van der Waals surface area contributed by atoms with Crippen LogP contribution in [0.15, 0.2) is 18.2 Å². The standard InChI is InChI=1S/C21H28F6N2O3/c1-12(15-7-16(20(22,23)24)9-17(8-15)21(25,26)27)31-11-19(3)6-5-14(10-29(19)4)13(2)32-18(28)30/h7-9,12-14H,5-6,10-11H2,1-4H3,(H2,28,30). The number of hydrogen-bond acceptors (Lipinski definition) is 4. The average molecular weight is 470 g/mol. The summed E-state index contributed by atoms with van der Waals surface area (Å²) in [6, 6.07) is 1.47. The minimum absolute atomic E-state index is 0.0378. The summed E-state index contributed by atoms with van der Waals surface area (Å²) in [5.41, 5.74) is 1.63. The molecule has 5 nitrogen and oxygen atoms in total. The number of benzene rings is 1. The molecular formula is C21H28F6N2O3. The van der Waals surface area contributed by atoms with Gasteiger partial charge in [0.05, 0.1) is 23.8 Å². The second-order valence-electron chi connectivity index (χ2n) is 8.61. The summed E-state index contributed by atoms with van der Waals surface area (Å²) in [7, 11) is 1.84. The van der Waals surface area contributed by atoms with Gasteiger partial charge >= 0.3 is 18.4 Å². The van der Waals surface area contributed by atoms with Gasteiger partial charge in [0, 0.05) is 18.0 Å². The second-order valence-corrected chi connectivity index (χ2v) is 8.61. The van der Waals surface area contributed by atoms with Gasteiger partial charge in [-0.05, 0) is 64.4 Å². The van der Waals surface area contributed by atoms with Gasteiger partial charge in [0.25, 0.3) is 0 Å². The number of likely N-dealkylation sites (tertiary alicyclic amines) is 1. The molecule has 4 atom stereocenters. The number of likely N-dealkylation sites (N-methyl/N-ethyl adjacent to an activating group) is 1. The molecule has 1 aliphatic heterocycles. The predicted octanol–water partition coefficient (Wildman–Crippen LogP) is 5.39. The molecule has 1 heterocycles. The molecular weight excluding hydrogens is 442 g/mol. The molecule has 1 saturated heterocycles. The highest BCUT2D eigenvalue weighted by atomic mass is 19.4. The normalized spacial score (nSPS) is 24.8. The van der Waals surface area contributed by atoms with Crippen molar-refractivity contribution >= 4 is 6.09 Å². The summed E-state index contributed by atoms with van der Waals surface area (Å²) in [5.74, 6) is 0.0378. The maximum Gasteiger partial charge on any atom is 0.416 e. The Bertz CT molecular complexity index is 781. The average Bonchev–Trinajstić information content (AvgIpc) is 2.66. The van der Waals surface area contributed by atoms with E-state index in [4.69, 9.17) is 15.2 Å². The van der Waals surface area contributed by atoms with Gasteiger partial charge in [-0.1, -0.05) is 0 Å². The molecule has 32 heavy (non-hydrogen) atoms. The largest absolute Gasteiger partial charge is 0.446 e. The molecule has 2 N–H and O–H groups in total. The van der Waals surface area contributed by atoms with Crippen molar-refractivity contribution in [3.05, 3.63) is 34.9 Å². The quantitative estimate of drug-likeness (QED) is 0.567. The lowest BCUT2D eigenvalue weighted by atomic mass is 9.82. The summed E-state index contributed by atoms with van der Waals surface area (Å²) >= 11 is 0. The van der Waals surface area contributed by atoms with Crippen LogP contribution < -0.4 is 5.73 Å². The Kier molecular flexibility index (Phi) is 7.76. The van der Waals surface area contributed by atoms with Crippen LogP contribution in [0.1, 0.15) is 56.4 Å². The van der Waals surface area contributed by atoms with Crippen molar-refractivity contribution in [2.75, 3.05) is 20.2 Å². The Morgan fingerprint density at radius 3 is 2.12 bits per heavy atom. The number of carbonyl (C=O) groups excluding carboxylic acids is 1. The Morgan fingerprint density at radius 2 is 1.69 bits per heavy atom. The zero-order valence-corrected chi connectivity index (χ0v) is 18.3. The van der Waals surface area contributed by atoms with E-state index < -0.39 is 41.2 Å². The maximum absolute atomic E-state index is 13.1. The lowest BCUT2D eigenvalue weighted by molar-refractivity contribution is -0.143. The molecule has 0 aromatic heterocycles. The smallest absolute Gasteiger partial charge is 0.416 e. The molecule has 2 rings (SSSR count). The monoisotopic (exact) mass is 470 g/mol. The first-order valence-corrected chi connectivity index (χ1v) is 10.1. The predicted molar refractivity (Wildman–Crippen MR) is 105 cm³/mol. The van der Waals surface area contributed by atoms with Gasteiger partial charge in [0.15, 0.2) is 0 Å². The summed E-state index contributed by atoms with van der Waals surface area (Å²) < 4.78 is 89.5. The first-order valence-electron chi connectivity index (χ1n) is 10.1. The molecule has 4 unspecified atom stereocenters. The summed E-state index contributed by atoms with van der Waals surface area (Å²) in [6.07, 6.45) is -10.7. The first-order chi connectivity index (χ1) is 14.5. The summed E-state index contributed by atoms with van der Waals surface area (Å²) in [5, 5.41) is 0. The fourth-order valence-corrected chi connectivity index (χ4v) is 3.81. The van der Waals surface area contributed by atoms with E-state index in [2.05, 4.69) is 0 Å². The molecule has 0 saturated carbocycles. The number of nitrogens with two attached hydrogens (primary N) is 1. The third kappa shape index (κ3) is 6.50. The van der Waals surface area contributed by atoms with E-state index in [1.54, 1.807) is 6.92 Å². The highest BCUT2D eigenvalue weighted by Crippen LogP contribution is 2.39. The van der Waals surface area contributed by atoms with E-state index in [0.717, 1.165) is 0 Å². The van der Waals surface area contributed by atoms with Crippen LogP contribution in [0.2, 0.25) is 0 Å². The van der Waals surface area contributed by atoms with E-state index in [1.807, 2.05) is 18.9 Å². The van der Waals surface area contributed by atoms with Gasteiger partial charge < -0.3 is 15.2 Å². The molecule has 11 heteroatoms. The molecule has 1 aromatic rings. The summed E-state index contributed by atoms with van der Waals surface area (Å²) in [4.78, 5) is 13.0. The highest BCUT2D eigenvalue weighted by molar-refractivity contribution is 5.64. The van der Waals surface area contributed by atoms with E-state index >= 15 is 0 Å². The third-order valence-corrected chi connectivity index (χ3v) is 6.17. The molecule has 1 amide bonds. The minimum Gasteiger partial charge on any atom is -0.446 e. The number of halogens is 6. The van der Waals surface area contributed by atoms with Crippen LogP contribution >= 0.6 is 0 Å². The minimum atomic E-state index is -4.91. The Hall–Kier alpha value is -2.01. The van der Waals surface area contributed by atoms with Crippen LogP contribution in [-0.2, 0) is 21.8 Å². The van der Waals surface area contributed by atoms with E-state index in [9.17, 15) is 31.1 Å². The van der Waals surface area contributed by atoms with E-state index in [1.165, 1.54) is 6.92 Å². The lowest BCUT2D eigenvalue weighted by Crippen LogP contribution is -2.54. The van der Waals surface area contributed by atoms with Gasteiger partial charge in [-0.25, -0.2) is 4.79 Å². The Balaban J connectivity index is 2.12. The third-order valence-electron chi connectivity index (χ3n) is 6.17. The maximum atomic E-state index is 13.1. The number of ether oxygens (including phenoxy) is 2. The lowest BCUT2D eigenvalue weighted by Gasteiger charge is -2.46. The van der Waals surface area contributed by atoms with Crippen LogP contribution in [0.4, 0.5) is 31.1 Å². The van der Waals surface area contributed by atoms with E-state index in [-0.39, 0.29) is 30.3 Å². The molecule has 0 aliphatic carbocycles. The molecule has 0 spiro atoms. The molecule has 0 bridgehead atoms. The topological polar surface area (TPSA) is 64.8 Å². The van der Waals surface area contributed by atoms with Crippen LogP contribution in [0.25, 0.3) is 0 Å². The van der Waals surface area contributed by atoms with Gasteiger partial charge in [-0.2, -0.15) is 26.3 Å². The van der Waals surface area contributed by atoms with Crippen LogP contribution in [0, 0.1) is 5.92 Å². The number of piperidine rings is 1. The van der Waals surface area contributed by atoms with Gasteiger partial charge in [-0.15, -0.1) is 0 Å². The van der Waals surface area contributed by atoms with Gasteiger partial charge in [0.1, 0.15) is 6.10 Å². The highest BCUT2D eigenvalue weighted by Gasteiger charge is 2.40. The van der Waals surface area contributed by atoms with Crippen molar-refractivity contribution in [1.82, 2.24) is 4.90 Å². The van der Waals surface area contributed by atoms with Crippen LogP contribution in [-0.4, -0.2) is 42.8 Å². The van der Waals surface area contributed by atoms with Crippen molar-refractivity contribution in [2.45, 2.75) is 63.7 Å². The number of rotatable bonds is 6. The number of carbonyl (C=O) groups is 1. The van der Waals surface area contributed by atoms with Crippen LogP contribution in [0.3, 0.4) is 0 Å². The SMILES string of the molecule is CC(OCC1(C)CCC(C(C)OC(N)=O)CN1C)c1cc(C(F)(F)F)cc(C(F)(F)F)c1. The van der Waals surface area contributed by atoms with Crippen molar-refractivity contribution in [3.63, 3.8) is 0 Å². The van der Waals surface area contributed by atoms with Crippen LogP contribution in [0.5, 0.6) is 0 Å². The van der Waals surface area contributed by atoms with Gasteiger partial charge in [0.2, 0.25) is 0 Å². The van der Waals surface area contributed by atoms with Crippen molar-refractivity contribution in [3.8, 4) is 0 Å².